The van der Waals surface area contributed by atoms with Crippen molar-refractivity contribution in [3.05, 3.63) is 38.5 Å². The van der Waals surface area contributed by atoms with Crippen LogP contribution in [-0.2, 0) is 13.1 Å². The van der Waals surface area contributed by atoms with Gasteiger partial charge in [0.05, 0.1) is 6.33 Å². The van der Waals surface area contributed by atoms with E-state index in [1.54, 1.807) is 11.3 Å². The number of hydrogen-bond donors (Lipinski definition) is 1. The molecule has 1 unspecified atom stereocenters. The second kappa shape index (κ2) is 6.60. The smallest absolute Gasteiger partial charge is 0.107 e. The lowest BCUT2D eigenvalue weighted by atomic mass is 9.86. The molecule has 1 atom stereocenters. The maximum atomic E-state index is 6.08. The summed E-state index contributed by atoms with van der Waals surface area (Å²) in [6, 6.07) is 2.44. The van der Waals surface area contributed by atoms with Crippen LogP contribution in [0.25, 0.3) is 0 Å². The van der Waals surface area contributed by atoms with Gasteiger partial charge in [0.25, 0.3) is 0 Å². The third-order valence-corrected chi connectivity index (χ3v) is 5.69. The number of hydrogen-bond acceptors (Lipinski definition) is 3. The molecule has 0 bridgehead atoms. The van der Waals surface area contributed by atoms with Gasteiger partial charge in [-0.1, -0.05) is 32.4 Å². The van der Waals surface area contributed by atoms with Crippen LogP contribution in [0.3, 0.4) is 0 Å². The van der Waals surface area contributed by atoms with Gasteiger partial charge >= 0.3 is 0 Å². The highest BCUT2D eigenvalue weighted by Crippen LogP contribution is 2.32. The van der Waals surface area contributed by atoms with Crippen molar-refractivity contribution >= 4 is 38.9 Å². The average molecular weight is 377 g/mol. The first-order valence-electron chi connectivity index (χ1n) is 6.49. The summed E-state index contributed by atoms with van der Waals surface area (Å²) in [5.74, 6) is 0. The lowest BCUT2D eigenvalue weighted by molar-refractivity contribution is 0.240. The fraction of sp³-hybridized carbons (Fsp3) is 0.500. The molecule has 2 aromatic rings. The summed E-state index contributed by atoms with van der Waals surface area (Å²) in [6.07, 6.45) is 5.67. The van der Waals surface area contributed by atoms with Crippen molar-refractivity contribution in [3.8, 4) is 0 Å². The Morgan fingerprint density at radius 3 is 2.75 bits per heavy atom. The van der Waals surface area contributed by atoms with Gasteiger partial charge in [-0.3, -0.25) is 0 Å². The minimum Gasteiger partial charge on any atom is -0.336 e. The third kappa shape index (κ3) is 4.32. The van der Waals surface area contributed by atoms with Crippen LogP contribution in [0.15, 0.2) is 29.3 Å². The van der Waals surface area contributed by atoms with Crippen molar-refractivity contribution in [2.24, 2.45) is 5.41 Å². The van der Waals surface area contributed by atoms with Gasteiger partial charge in [-0.2, -0.15) is 0 Å². The molecule has 0 saturated carbocycles. The Morgan fingerprint density at radius 2 is 2.25 bits per heavy atom. The van der Waals surface area contributed by atoms with Crippen molar-refractivity contribution in [2.75, 3.05) is 0 Å². The second-order valence-corrected chi connectivity index (χ2v) is 8.49. The number of aromatic nitrogens is 2. The molecule has 20 heavy (non-hydrogen) atoms. The lowest BCUT2D eigenvalue weighted by Crippen LogP contribution is -2.42. The topological polar surface area (TPSA) is 29.9 Å². The summed E-state index contributed by atoms with van der Waals surface area (Å²) in [5.41, 5.74) is 0.169. The number of nitrogens with one attached hydrogen (secondary N) is 1. The lowest BCUT2D eigenvalue weighted by Gasteiger charge is -2.32. The minimum atomic E-state index is 0.169. The molecule has 2 aromatic heterocycles. The predicted molar refractivity (Wildman–Crippen MR) is 89.3 cm³/mol. The van der Waals surface area contributed by atoms with E-state index in [9.17, 15) is 0 Å². The van der Waals surface area contributed by atoms with E-state index in [2.05, 4.69) is 57.6 Å². The Morgan fingerprint density at radius 1 is 1.50 bits per heavy atom. The van der Waals surface area contributed by atoms with E-state index in [-0.39, 0.29) is 5.41 Å². The molecule has 0 saturated heterocycles. The highest BCUT2D eigenvalue weighted by Gasteiger charge is 2.24. The predicted octanol–water partition coefficient (Wildman–Crippen LogP) is 4.57. The standard InChI is InChI=1S/C14H19BrClN3S/c1-14(2,3)12(8-19-5-4-17-9-19)18-7-10-6-11(15)13(16)20-10/h4-6,9,12,18H,7-8H2,1-3H3. The fourth-order valence-corrected chi connectivity index (χ4v) is 3.69. The number of imidazole rings is 1. The van der Waals surface area contributed by atoms with Crippen LogP contribution in [0.5, 0.6) is 0 Å². The summed E-state index contributed by atoms with van der Waals surface area (Å²) in [4.78, 5) is 5.34. The van der Waals surface area contributed by atoms with E-state index < -0.39 is 0 Å². The Kier molecular flexibility index (Phi) is 5.29. The molecule has 3 nitrogen and oxygen atoms in total. The number of halogens is 2. The van der Waals surface area contributed by atoms with Gasteiger partial charge in [0, 0.05) is 40.9 Å². The van der Waals surface area contributed by atoms with Crippen LogP contribution in [-0.4, -0.2) is 15.6 Å². The Hall–Kier alpha value is -0.360. The summed E-state index contributed by atoms with van der Waals surface area (Å²) in [6.45, 7) is 8.48. The first-order chi connectivity index (χ1) is 9.36. The Bertz CT molecular complexity index is 526. The largest absolute Gasteiger partial charge is 0.336 e. The van der Waals surface area contributed by atoms with Crippen molar-refractivity contribution in [2.45, 2.75) is 39.9 Å². The van der Waals surface area contributed by atoms with Crippen molar-refractivity contribution in [1.29, 1.82) is 0 Å². The van der Waals surface area contributed by atoms with Crippen LogP contribution in [0.4, 0.5) is 0 Å². The van der Waals surface area contributed by atoms with Crippen LogP contribution in [0.2, 0.25) is 4.34 Å². The summed E-state index contributed by atoms with van der Waals surface area (Å²) >= 11 is 11.1. The van der Waals surface area contributed by atoms with Gasteiger partial charge in [0.15, 0.2) is 0 Å². The molecule has 0 aliphatic carbocycles. The molecule has 0 aromatic carbocycles. The van der Waals surface area contributed by atoms with Crippen molar-refractivity contribution in [1.82, 2.24) is 14.9 Å². The van der Waals surface area contributed by atoms with Gasteiger partial charge in [-0.05, 0) is 27.4 Å². The monoisotopic (exact) mass is 375 g/mol. The molecule has 0 radical (unpaired) electrons. The quantitative estimate of drug-likeness (QED) is 0.828. The molecule has 0 spiro atoms. The minimum absolute atomic E-state index is 0.169. The zero-order valence-electron chi connectivity index (χ0n) is 11.9. The van der Waals surface area contributed by atoms with Crippen molar-refractivity contribution in [3.63, 3.8) is 0 Å². The van der Waals surface area contributed by atoms with Gasteiger partial charge < -0.3 is 9.88 Å². The van der Waals surface area contributed by atoms with E-state index in [0.29, 0.717) is 6.04 Å². The molecule has 6 heteroatoms. The molecule has 110 valence electrons. The molecule has 2 heterocycles. The SMILES string of the molecule is CC(C)(C)C(Cn1ccnc1)NCc1cc(Br)c(Cl)s1. The number of thiophene rings is 1. The van der Waals surface area contributed by atoms with E-state index >= 15 is 0 Å². The van der Waals surface area contributed by atoms with E-state index in [1.807, 2.05) is 18.7 Å². The summed E-state index contributed by atoms with van der Waals surface area (Å²) < 4.78 is 3.90. The molecule has 1 N–H and O–H groups in total. The molecule has 0 aliphatic rings. The Balaban J connectivity index is 2.01. The highest BCUT2D eigenvalue weighted by molar-refractivity contribution is 9.10. The van der Waals surface area contributed by atoms with Crippen LogP contribution in [0, 0.1) is 5.41 Å². The second-order valence-electron chi connectivity index (χ2n) is 5.89. The Labute approximate surface area is 137 Å². The van der Waals surface area contributed by atoms with E-state index in [1.165, 1.54) is 4.88 Å². The molecule has 0 amide bonds. The van der Waals surface area contributed by atoms with Gasteiger partial charge in [-0.15, -0.1) is 11.3 Å². The number of rotatable bonds is 5. The van der Waals surface area contributed by atoms with Gasteiger partial charge in [-0.25, -0.2) is 4.98 Å². The molecule has 0 aliphatic heterocycles. The average Bonchev–Trinajstić information content (AvgIpc) is 2.94. The van der Waals surface area contributed by atoms with Crippen LogP contribution < -0.4 is 5.32 Å². The molecular weight excluding hydrogens is 358 g/mol. The van der Waals surface area contributed by atoms with Gasteiger partial charge in [0.1, 0.15) is 4.34 Å². The maximum Gasteiger partial charge on any atom is 0.107 e. The maximum absolute atomic E-state index is 6.08. The first kappa shape index (κ1) is 16.0. The summed E-state index contributed by atoms with van der Waals surface area (Å²) in [5, 5.41) is 3.64. The zero-order valence-corrected chi connectivity index (χ0v) is 15.0. The van der Waals surface area contributed by atoms with Crippen molar-refractivity contribution < 1.29 is 0 Å². The third-order valence-electron chi connectivity index (χ3n) is 3.22. The number of nitrogens with zero attached hydrogens (tertiary/aromatic N) is 2. The van der Waals surface area contributed by atoms with E-state index in [4.69, 9.17) is 11.6 Å². The van der Waals surface area contributed by atoms with Crippen LogP contribution >= 0.6 is 38.9 Å². The van der Waals surface area contributed by atoms with E-state index in [0.717, 1.165) is 21.9 Å². The first-order valence-corrected chi connectivity index (χ1v) is 8.48. The fourth-order valence-electron chi connectivity index (χ4n) is 1.95. The zero-order chi connectivity index (χ0) is 14.8. The molecule has 0 fully saturated rings. The summed E-state index contributed by atoms with van der Waals surface area (Å²) in [7, 11) is 0. The molecular formula is C14H19BrClN3S. The highest BCUT2D eigenvalue weighted by atomic mass is 79.9. The van der Waals surface area contributed by atoms with Crippen LogP contribution in [0.1, 0.15) is 25.6 Å². The van der Waals surface area contributed by atoms with Gasteiger partial charge in [0.2, 0.25) is 0 Å². The molecule has 2 rings (SSSR count). The normalized spacial score (nSPS) is 13.7.